The molecule has 0 aliphatic heterocycles. The van der Waals surface area contributed by atoms with Crippen LogP contribution in [0, 0.1) is 0 Å². The van der Waals surface area contributed by atoms with Gasteiger partial charge in [0.05, 0.1) is 25.0 Å². The number of aryl methyl sites for hydroxylation is 2. The molecule has 3 aromatic heterocycles. The van der Waals surface area contributed by atoms with Gasteiger partial charge in [-0.15, -0.1) is 28.5 Å². The topological polar surface area (TPSA) is 142 Å². The Morgan fingerprint density at radius 1 is 1.08 bits per heavy atom. The van der Waals surface area contributed by atoms with Gasteiger partial charge in [0.25, 0.3) is 0 Å². The Bertz CT molecular complexity index is 1330. The average molecular weight is 563 g/mol. The number of imidazole rings is 1. The van der Waals surface area contributed by atoms with Gasteiger partial charge in [0, 0.05) is 24.7 Å². The third kappa shape index (κ3) is 9.30. The highest BCUT2D eigenvalue weighted by molar-refractivity contribution is 7.15. The Morgan fingerprint density at radius 3 is 2.67 bits per heavy atom. The molecule has 4 aromatic rings. The van der Waals surface area contributed by atoms with Gasteiger partial charge in [0.2, 0.25) is 11.0 Å². The molecular weight excluding hydrogens is 537 g/mol. The molecular formula is C24H25F3N8O3S. The van der Waals surface area contributed by atoms with Crippen LogP contribution in [-0.4, -0.2) is 54.4 Å². The number of aromatic amines is 1. The van der Waals surface area contributed by atoms with Gasteiger partial charge in [-0.05, 0) is 49.1 Å². The van der Waals surface area contributed by atoms with E-state index in [1.54, 1.807) is 24.7 Å². The number of hydrogen-bond acceptors (Lipinski definition) is 10. The number of ether oxygens (including phenoxy) is 1. The highest BCUT2D eigenvalue weighted by Gasteiger charge is 2.31. The minimum atomic E-state index is -4.80. The number of aromatic nitrogens is 6. The normalized spacial score (nSPS) is 11.4. The second kappa shape index (κ2) is 13.1. The molecule has 0 radical (unpaired) electrons. The molecule has 1 aromatic carbocycles. The standard InChI is InChI=1S/C24H25F3N8O3S/c25-24(26,27)38-19-6-3-4-16(12-19)13-21(36)30-20-9-8-17(31-32-20)5-1-2-7-22-33-34-23(39-22)35(37)11-10-18-14-28-15-29-18/h3-4,6,8-9,12,14-15,37H,1-2,5,7,10-11,13H2,(H,28,29)(H,30,32,36). The second-order valence-electron chi connectivity index (χ2n) is 8.47. The number of nitrogens with zero attached hydrogens (tertiary/aromatic N) is 6. The first-order chi connectivity index (χ1) is 18.7. The second-order valence-corrected chi connectivity index (χ2v) is 9.51. The van der Waals surface area contributed by atoms with E-state index in [1.165, 1.54) is 23.5 Å². The van der Waals surface area contributed by atoms with Crippen molar-refractivity contribution in [3.8, 4) is 5.75 Å². The maximum atomic E-state index is 12.4. The van der Waals surface area contributed by atoms with E-state index < -0.39 is 12.3 Å². The first kappa shape index (κ1) is 27.9. The van der Waals surface area contributed by atoms with Gasteiger partial charge in [-0.25, -0.2) is 10.0 Å². The zero-order chi connectivity index (χ0) is 27.7. The van der Waals surface area contributed by atoms with Crippen LogP contribution in [0.5, 0.6) is 5.75 Å². The van der Waals surface area contributed by atoms with E-state index in [0.29, 0.717) is 36.5 Å². The largest absolute Gasteiger partial charge is 0.573 e. The van der Waals surface area contributed by atoms with Gasteiger partial charge >= 0.3 is 6.36 Å². The summed E-state index contributed by atoms with van der Waals surface area (Å²) >= 11 is 1.34. The summed E-state index contributed by atoms with van der Waals surface area (Å²) in [4.78, 5) is 19.2. The molecule has 39 heavy (non-hydrogen) atoms. The van der Waals surface area contributed by atoms with Crippen LogP contribution in [-0.2, 0) is 30.5 Å². The van der Waals surface area contributed by atoms with E-state index >= 15 is 0 Å². The Balaban J connectivity index is 1.16. The number of carbonyl (C=O) groups is 1. The highest BCUT2D eigenvalue weighted by Crippen LogP contribution is 2.24. The molecule has 3 N–H and O–H groups in total. The summed E-state index contributed by atoms with van der Waals surface area (Å²) in [6.07, 6.45) is 2.00. The minimum Gasteiger partial charge on any atom is -0.406 e. The number of H-pyrrole nitrogens is 1. The van der Waals surface area contributed by atoms with Crippen LogP contribution in [0.15, 0.2) is 48.9 Å². The summed E-state index contributed by atoms with van der Waals surface area (Å²) in [5, 5.41) is 31.4. The number of rotatable bonds is 13. The fourth-order valence-electron chi connectivity index (χ4n) is 3.56. The van der Waals surface area contributed by atoms with E-state index in [2.05, 4.69) is 40.4 Å². The summed E-state index contributed by atoms with van der Waals surface area (Å²) in [5.74, 6) is -0.588. The molecule has 4 rings (SSSR count). The number of carbonyl (C=O) groups excluding carboxylic acids is 1. The number of anilines is 2. The van der Waals surface area contributed by atoms with Crippen molar-refractivity contribution in [1.29, 1.82) is 0 Å². The number of halogens is 3. The van der Waals surface area contributed by atoms with Crippen LogP contribution in [0.3, 0.4) is 0 Å². The van der Waals surface area contributed by atoms with E-state index in [1.807, 2.05) is 0 Å². The first-order valence-corrected chi connectivity index (χ1v) is 12.8. The van der Waals surface area contributed by atoms with E-state index in [9.17, 15) is 23.2 Å². The number of amides is 1. The Morgan fingerprint density at radius 2 is 1.92 bits per heavy atom. The number of alkyl halides is 3. The molecule has 0 spiro atoms. The van der Waals surface area contributed by atoms with Gasteiger partial charge in [0.1, 0.15) is 10.8 Å². The molecule has 0 aliphatic rings. The fraction of sp³-hybridized carbons (Fsp3) is 0.333. The smallest absolute Gasteiger partial charge is 0.406 e. The zero-order valence-corrected chi connectivity index (χ0v) is 21.4. The minimum absolute atomic E-state index is 0.149. The van der Waals surface area contributed by atoms with Crippen molar-refractivity contribution in [2.24, 2.45) is 0 Å². The molecule has 1 amide bonds. The number of benzene rings is 1. The van der Waals surface area contributed by atoms with Crippen molar-refractivity contribution in [3.63, 3.8) is 0 Å². The molecule has 0 unspecified atom stereocenters. The summed E-state index contributed by atoms with van der Waals surface area (Å²) in [5.41, 5.74) is 2.03. The van der Waals surface area contributed by atoms with E-state index in [4.69, 9.17) is 0 Å². The molecule has 3 heterocycles. The Kier molecular flexibility index (Phi) is 9.38. The summed E-state index contributed by atoms with van der Waals surface area (Å²) < 4.78 is 41.0. The van der Waals surface area contributed by atoms with Crippen LogP contribution in [0.25, 0.3) is 0 Å². The Hall–Kier alpha value is -4.11. The zero-order valence-electron chi connectivity index (χ0n) is 20.6. The summed E-state index contributed by atoms with van der Waals surface area (Å²) in [7, 11) is 0. The van der Waals surface area contributed by atoms with Crippen LogP contribution in [0.2, 0.25) is 0 Å². The van der Waals surface area contributed by atoms with Crippen molar-refractivity contribution in [2.45, 2.75) is 44.9 Å². The molecule has 11 nitrogen and oxygen atoms in total. The van der Waals surface area contributed by atoms with Gasteiger partial charge < -0.3 is 15.0 Å². The van der Waals surface area contributed by atoms with Crippen molar-refractivity contribution >= 4 is 28.2 Å². The van der Waals surface area contributed by atoms with Crippen molar-refractivity contribution < 1.29 is 27.9 Å². The van der Waals surface area contributed by atoms with E-state index in [-0.39, 0.29) is 18.0 Å². The number of nitrogens with one attached hydrogen (secondary N) is 2. The van der Waals surface area contributed by atoms with E-state index in [0.717, 1.165) is 46.4 Å². The third-order valence-corrected chi connectivity index (χ3v) is 6.38. The summed E-state index contributed by atoms with van der Waals surface area (Å²) in [6, 6.07) is 8.62. The number of hydrogen-bond donors (Lipinski definition) is 3. The van der Waals surface area contributed by atoms with Crippen molar-refractivity contribution in [1.82, 2.24) is 30.4 Å². The lowest BCUT2D eigenvalue weighted by Crippen LogP contribution is -2.21. The van der Waals surface area contributed by atoms with Gasteiger partial charge in [0.15, 0.2) is 5.82 Å². The molecule has 0 bridgehead atoms. The molecule has 0 saturated carbocycles. The summed E-state index contributed by atoms with van der Waals surface area (Å²) in [6.45, 7) is 0.371. The molecule has 0 fully saturated rings. The molecule has 0 atom stereocenters. The maximum absolute atomic E-state index is 12.4. The lowest BCUT2D eigenvalue weighted by Gasteiger charge is -2.11. The molecule has 206 valence electrons. The lowest BCUT2D eigenvalue weighted by molar-refractivity contribution is -0.274. The first-order valence-electron chi connectivity index (χ1n) is 12.0. The van der Waals surface area contributed by atoms with Gasteiger partial charge in [-0.1, -0.05) is 23.5 Å². The number of unbranched alkanes of at least 4 members (excludes halogenated alkanes) is 1. The quantitative estimate of drug-likeness (QED) is 0.162. The van der Waals surface area contributed by atoms with Crippen LogP contribution in [0.4, 0.5) is 24.1 Å². The predicted molar refractivity (Wildman–Crippen MR) is 135 cm³/mol. The molecule has 0 saturated heterocycles. The van der Waals surface area contributed by atoms with Gasteiger partial charge in [-0.2, -0.15) is 5.10 Å². The highest BCUT2D eigenvalue weighted by atomic mass is 32.1. The third-order valence-electron chi connectivity index (χ3n) is 5.38. The Labute approximate surface area is 225 Å². The molecule has 0 aliphatic carbocycles. The lowest BCUT2D eigenvalue weighted by atomic mass is 10.1. The van der Waals surface area contributed by atoms with Crippen molar-refractivity contribution in [3.05, 3.63) is 70.9 Å². The van der Waals surface area contributed by atoms with Crippen molar-refractivity contribution in [2.75, 3.05) is 16.9 Å². The average Bonchev–Trinajstić information content (AvgIpc) is 3.58. The monoisotopic (exact) mass is 562 g/mol. The van der Waals surface area contributed by atoms with Gasteiger partial charge in [-0.3, -0.25) is 10.0 Å². The SMILES string of the molecule is O=C(Cc1cccc(OC(F)(F)F)c1)Nc1ccc(CCCCc2nnc(N(O)CCc3cnc[nH]3)s2)nn1. The fourth-order valence-corrected chi connectivity index (χ4v) is 4.38. The number of hydroxylamine groups is 1. The van der Waals surface area contributed by atoms with Crippen LogP contribution < -0.4 is 15.1 Å². The van der Waals surface area contributed by atoms with Crippen LogP contribution >= 0.6 is 11.3 Å². The maximum Gasteiger partial charge on any atom is 0.573 e. The van der Waals surface area contributed by atoms with Crippen LogP contribution in [0.1, 0.15) is 34.8 Å². The molecule has 15 heteroatoms. The predicted octanol–water partition coefficient (Wildman–Crippen LogP) is 4.13.